The van der Waals surface area contributed by atoms with E-state index < -0.39 is 11.7 Å². The zero-order valence-corrected chi connectivity index (χ0v) is 22.6. The number of piperazine rings is 1. The van der Waals surface area contributed by atoms with Crippen LogP contribution in [-0.4, -0.2) is 72.7 Å². The summed E-state index contributed by atoms with van der Waals surface area (Å²) in [6, 6.07) is 12.7. The van der Waals surface area contributed by atoms with Gasteiger partial charge < -0.3 is 19.4 Å². The normalized spacial score (nSPS) is 23.1. The van der Waals surface area contributed by atoms with Crippen molar-refractivity contribution in [2.45, 2.75) is 43.2 Å². The van der Waals surface area contributed by atoms with E-state index in [0.29, 0.717) is 36.6 Å². The zero-order chi connectivity index (χ0) is 27.6. The van der Waals surface area contributed by atoms with E-state index in [9.17, 15) is 22.8 Å². The topological polar surface area (TPSA) is 53.1 Å². The maximum absolute atomic E-state index is 13.6. The van der Waals surface area contributed by atoms with E-state index in [4.69, 9.17) is 4.74 Å². The average Bonchev–Trinajstić information content (AvgIpc) is 2.95. The summed E-state index contributed by atoms with van der Waals surface area (Å²) in [6.07, 6.45) is 1.12. The lowest BCUT2D eigenvalue weighted by atomic mass is 9.93. The number of ether oxygens (including phenoxy) is 1. The first-order chi connectivity index (χ1) is 18.7. The minimum absolute atomic E-state index is 0.00876. The summed E-state index contributed by atoms with van der Waals surface area (Å²) in [6.45, 7) is 2.57. The van der Waals surface area contributed by atoms with Gasteiger partial charge in [0.2, 0.25) is 5.91 Å². The smallest absolute Gasteiger partial charge is 0.416 e. The molecule has 2 aromatic rings. The molecule has 2 amide bonds. The van der Waals surface area contributed by atoms with Crippen molar-refractivity contribution in [3.05, 3.63) is 64.6 Å². The van der Waals surface area contributed by atoms with Gasteiger partial charge in [-0.3, -0.25) is 9.59 Å². The molecule has 10 heteroatoms. The summed E-state index contributed by atoms with van der Waals surface area (Å²) >= 11 is 1.50. The quantitative estimate of drug-likeness (QED) is 0.466. The third-order valence-corrected chi connectivity index (χ3v) is 9.13. The van der Waals surface area contributed by atoms with Crippen molar-refractivity contribution in [1.29, 1.82) is 0 Å². The molecule has 0 N–H and O–H groups in total. The van der Waals surface area contributed by atoms with Crippen LogP contribution in [0, 0.1) is 0 Å². The van der Waals surface area contributed by atoms with Gasteiger partial charge in [-0.15, -0.1) is 11.8 Å². The highest BCUT2D eigenvalue weighted by atomic mass is 32.2. The number of halogens is 3. The Morgan fingerprint density at radius 1 is 1.00 bits per heavy atom. The summed E-state index contributed by atoms with van der Waals surface area (Å²) in [5, 5.41) is 0.178. The Labute approximate surface area is 230 Å². The molecule has 6 nitrogen and oxygen atoms in total. The summed E-state index contributed by atoms with van der Waals surface area (Å²) in [4.78, 5) is 33.2. The number of rotatable bonds is 5. The summed E-state index contributed by atoms with van der Waals surface area (Å²) in [5.41, 5.74) is 0.891. The molecule has 2 unspecified atom stereocenters. The largest absolute Gasteiger partial charge is 0.497 e. The molecule has 1 saturated carbocycles. The second kappa shape index (κ2) is 11.5. The molecule has 2 aromatic carbocycles. The Morgan fingerprint density at radius 2 is 1.67 bits per heavy atom. The SMILES string of the molecule is COc1ccc(N2CCN(C(=O)CN3C(=O)/C(=C/c4ccc(C(F)(F)F)cc4)SC4CCCCC43)CC2)cc1. The molecule has 1 aliphatic carbocycles. The van der Waals surface area contributed by atoms with Crippen LogP contribution < -0.4 is 9.64 Å². The molecule has 2 saturated heterocycles. The van der Waals surface area contributed by atoms with E-state index >= 15 is 0 Å². The molecule has 0 spiro atoms. The molecular weight excluding hydrogens is 527 g/mol. The Hall–Kier alpha value is -3.14. The molecule has 0 radical (unpaired) electrons. The van der Waals surface area contributed by atoms with Gasteiger partial charge >= 0.3 is 6.18 Å². The van der Waals surface area contributed by atoms with Crippen LogP contribution in [-0.2, 0) is 15.8 Å². The minimum Gasteiger partial charge on any atom is -0.497 e. The fourth-order valence-corrected chi connectivity index (χ4v) is 7.01. The predicted molar refractivity (Wildman–Crippen MR) is 147 cm³/mol. The molecule has 39 heavy (non-hydrogen) atoms. The van der Waals surface area contributed by atoms with Crippen LogP contribution in [0.3, 0.4) is 0 Å². The second-order valence-corrected chi connectivity index (χ2v) is 11.4. The van der Waals surface area contributed by atoms with Crippen molar-refractivity contribution >= 4 is 35.3 Å². The number of hydrogen-bond donors (Lipinski definition) is 0. The number of carbonyl (C=O) groups excluding carboxylic acids is 2. The molecule has 0 bridgehead atoms. The van der Waals surface area contributed by atoms with Gasteiger partial charge in [0.1, 0.15) is 12.3 Å². The Kier molecular flexibility index (Phi) is 8.11. The fraction of sp³-hybridized carbons (Fsp3) is 0.448. The molecule has 2 heterocycles. The Bertz CT molecular complexity index is 1210. The monoisotopic (exact) mass is 559 g/mol. The van der Waals surface area contributed by atoms with Crippen molar-refractivity contribution in [2.24, 2.45) is 0 Å². The van der Waals surface area contributed by atoms with Gasteiger partial charge in [-0.05, 0) is 60.9 Å². The third kappa shape index (κ3) is 6.21. The van der Waals surface area contributed by atoms with Crippen molar-refractivity contribution in [3.8, 4) is 5.75 Å². The number of benzene rings is 2. The van der Waals surface area contributed by atoms with E-state index in [-0.39, 0.29) is 29.7 Å². The number of carbonyl (C=O) groups is 2. The lowest BCUT2D eigenvalue weighted by Gasteiger charge is -2.45. The van der Waals surface area contributed by atoms with Gasteiger partial charge in [0.05, 0.1) is 17.6 Å². The number of anilines is 1. The number of methoxy groups -OCH3 is 1. The van der Waals surface area contributed by atoms with E-state index in [1.54, 1.807) is 18.1 Å². The van der Waals surface area contributed by atoms with Gasteiger partial charge in [0.15, 0.2) is 0 Å². The maximum atomic E-state index is 13.6. The van der Waals surface area contributed by atoms with Crippen molar-refractivity contribution in [1.82, 2.24) is 9.80 Å². The van der Waals surface area contributed by atoms with Crippen molar-refractivity contribution in [3.63, 3.8) is 0 Å². The standard InChI is InChI=1S/C29H32F3N3O3S/c1-38-23-12-10-22(11-13-23)33-14-16-34(17-15-33)27(36)19-35-24-4-2-3-5-25(24)39-26(28(35)37)18-20-6-8-21(9-7-20)29(30,31)32/h6-13,18,24-25H,2-5,14-17,19H2,1H3/b26-18-. The summed E-state index contributed by atoms with van der Waals surface area (Å²) in [5.74, 6) is 0.515. The number of amides is 2. The second-order valence-electron chi connectivity index (χ2n) is 10.1. The van der Waals surface area contributed by atoms with Crippen molar-refractivity contribution in [2.75, 3.05) is 44.7 Å². The van der Waals surface area contributed by atoms with Gasteiger partial charge in [0, 0.05) is 43.2 Å². The molecular formula is C29H32F3N3O3S. The number of nitrogens with zero attached hydrogens (tertiary/aromatic N) is 3. The van der Waals surface area contributed by atoms with Crippen LogP contribution in [0.25, 0.3) is 6.08 Å². The van der Waals surface area contributed by atoms with Crippen LogP contribution in [0.1, 0.15) is 36.8 Å². The number of hydrogen-bond acceptors (Lipinski definition) is 5. The van der Waals surface area contributed by atoms with Gasteiger partial charge in [-0.25, -0.2) is 0 Å². The highest BCUT2D eigenvalue weighted by molar-refractivity contribution is 8.04. The molecule has 2 aliphatic heterocycles. The van der Waals surface area contributed by atoms with E-state index in [1.165, 1.54) is 23.9 Å². The van der Waals surface area contributed by atoms with E-state index in [1.807, 2.05) is 29.2 Å². The Balaban J connectivity index is 1.26. The lowest BCUT2D eigenvalue weighted by molar-refractivity contribution is -0.140. The molecule has 3 fully saturated rings. The average molecular weight is 560 g/mol. The number of fused-ring (bicyclic) bond motifs is 1. The summed E-state index contributed by atoms with van der Waals surface area (Å²) < 4.78 is 44.1. The minimum atomic E-state index is -4.41. The van der Waals surface area contributed by atoms with Gasteiger partial charge in [-0.2, -0.15) is 13.2 Å². The highest BCUT2D eigenvalue weighted by Crippen LogP contribution is 2.42. The first kappa shape index (κ1) is 27.4. The highest BCUT2D eigenvalue weighted by Gasteiger charge is 2.42. The van der Waals surface area contributed by atoms with Crippen LogP contribution in [0.5, 0.6) is 5.75 Å². The first-order valence-electron chi connectivity index (χ1n) is 13.3. The van der Waals surface area contributed by atoms with E-state index in [2.05, 4.69) is 4.90 Å². The van der Waals surface area contributed by atoms with Crippen molar-refractivity contribution < 1.29 is 27.5 Å². The number of alkyl halides is 3. The third-order valence-electron chi connectivity index (χ3n) is 7.73. The van der Waals surface area contributed by atoms with Gasteiger partial charge in [-0.1, -0.05) is 25.0 Å². The molecule has 208 valence electrons. The molecule has 5 rings (SSSR count). The van der Waals surface area contributed by atoms with E-state index in [0.717, 1.165) is 49.3 Å². The zero-order valence-electron chi connectivity index (χ0n) is 21.8. The van der Waals surface area contributed by atoms with Crippen LogP contribution in [0.2, 0.25) is 0 Å². The van der Waals surface area contributed by atoms with Gasteiger partial charge in [0.25, 0.3) is 5.91 Å². The summed E-state index contributed by atoms with van der Waals surface area (Å²) in [7, 11) is 1.63. The molecule has 3 aliphatic rings. The first-order valence-corrected chi connectivity index (χ1v) is 14.1. The molecule has 2 atom stereocenters. The number of thioether (sulfide) groups is 1. The fourth-order valence-electron chi connectivity index (χ4n) is 5.53. The Morgan fingerprint density at radius 3 is 2.31 bits per heavy atom. The predicted octanol–water partition coefficient (Wildman–Crippen LogP) is 5.29. The maximum Gasteiger partial charge on any atom is 0.416 e. The molecule has 0 aromatic heterocycles. The van der Waals surface area contributed by atoms with Crippen LogP contribution >= 0.6 is 11.8 Å². The van der Waals surface area contributed by atoms with Crippen LogP contribution in [0.4, 0.5) is 18.9 Å². The lowest BCUT2D eigenvalue weighted by Crippen LogP contribution is -2.57. The van der Waals surface area contributed by atoms with Crippen LogP contribution in [0.15, 0.2) is 53.4 Å².